The van der Waals surface area contributed by atoms with Crippen LogP contribution in [0.1, 0.15) is 12.0 Å². The van der Waals surface area contributed by atoms with Gasteiger partial charge in [-0.05, 0) is 17.7 Å². The molecule has 1 saturated heterocycles. The first-order chi connectivity index (χ1) is 14.2. The van der Waals surface area contributed by atoms with E-state index >= 15 is 0 Å². The van der Waals surface area contributed by atoms with Gasteiger partial charge in [-0.1, -0.05) is 30.3 Å². The summed E-state index contributed by atoms with van der Waals surface area (Å²) in [6.07, 6.45) is 2.35. The standard InChI is InChI=1S/C23H25N3O3/c1-28-21-11-18-19(8-9-24-20(18)12-22(21)29-2)25-13-17-10-23(27)26(15-17)14-16-6-4-3-5-7-16/h3-9,11-12,17H,10,13-15H2,1-2H3,(H,24,25). The molecule has 1 fully saturated rings. The number of methoxy groups -OCH3 is 2. The summed E-state index contributed by atoms with van der Waals surface area (Å²) in [5.74, 6) is 1.81. The van der Waals surface area contributed by atoms with Crippen molar-refractivity contribution in [3.05, 3.63) is 60.3 Å². The SMILES string of the molecule is COc1cc2nccc(NCC3CC(=O)N(Cc4ccccc4)C3)c2cc1OC. The lowest BCUT2D eigenvalue weighted by Crippen LogP contribution is -2.25. The number of hydrogen-bond donors (Lipinski definition) is 1. The highest BCUT2D eigenvalue weighted by Gasteiger charge is 2.29. The summed E-state index contributed by atoms with van der Waals surface area (Å²) >= 11 is 0. The van der Waals surface area contributed by atoms with Crippen molar-refractivity contribution in [2.75, 3.05) is 32.6 Å². The minimum absolute atomic E-state index is 0.214. The van der Waals surface area contributed by atoms with Gasteiger partial charge in [0.25, 0.3) is 0 Å². The Bertz CT molecular complexity index is 1010. The number of aromatic nitrogens is 1. The number of nitrogens with one attached hydrogen (secondary N) is 1. The van der Waals surface area contributed by atoms with E-state index in [0.717, 1.165) is 35.2 Å². The minimum Gasteiger partial charge on any atom is -0.493 e. The second kappa shape index (κ2) is 8.39. The number of carbonyl (C=O) groups excluding carboxylic acids is 1. The van der Waals surface area contributed by atoms with Crippen molar-refractivity contribution < 1.29 is 14.3 Å². The lowest BCUT2D eigenvalue weighted by Gasteiger charge is -2.18. The van der Waals surface area contributed by atoms with Gasteiger partial charge in [0.15, 0.2) is 11.5 Å². The molecule has 0 aliphatic carbocycles. The maximum Gasteiger partial charge on any atom is 0.223 e. The second-order valence-corrected chi connectivity index (χ2v) is 7.29. The molecule has 2 aromatic carbocycles. The van der Waals surface area contributed by atoms with Crippen molar-refractivity contribution in [1.29, 1.82) is 0 Å². The Kier molecular flexibility index (Phi) is 5.51. The van der Waals surface area contributed by atoms with Gasteiger partial charge in [-0.15, -0.1) is 0 Å². The monoisotopic (exact) mass is 391 g/mol. The average molecular weight is 391 g/mol. The molecule has 6 heteroatoms. The molecule has 1 N–H and O–H groups in total. The van der Waals surface area contributed by atoms with Crippen molar-refractivity contribution in [3.63, 3.8) is 0 Å². The van der Waals surface area contributed by atoms with Crippen LogP contribution in [-0.2, 0) is 11.3 Å². The quantitative estimate of drug-likeness (QED) is 0.665. The highest BCUT2D eigenvalue weighted by molar-refractivity contribution is 5.93. The molecule has 0 bridgehead atoms. The number of likely N-dealkylation sites (tertiary alicyclic amines) is 1. The first kappa shape index (κ1) is 19.1. The summed E-state index contributed by atoms with van der Waals surface area (Å²) in [7, 11) is 3.24. The predicted molar refractivity (Wildman–Crippen MR) is 113 cm³/mol. The van der Waals surface area contributed by atoms with Crippen LogP contribution in [0.5, 0.6) is 11.5 Å². The largest absolute Gasteiger partial charge is 0.493 e. The number of fused-ring (bicyclic) bond motifs is 1. The Hall–Kier alpha value is -3.28. The van der Waals surface area contributed by atoms with Crippen LogP contribution in [0, 0.1) is 5.92 Å². The van der Waals surface area contributed by atoms with Gasteiger partial charge in [-0.25, -0.2) is 0 Å². The van der Waals surface area contributed by atoms with Gasteiger partial charge in [-0.3, -0.25) is 9.78 Å². The molecule has 0 spiro atoms. The van der Waals surface area contributed by atoms with Crippen LogP contribution in [0.4, 0.5) is 5.69 Å². The number of amides is 1. The molecular formula is C23H25N3O3. The third-order valence-electron chi connectivity index (χ3n) is 5.34. The number of nitrogens with zero attached hydrogens (tertiary/aromatic N) is 2. The Balaban J connectivity index is 1.45. The molecule has 2 heterocycles. The number of rotatable bonds is 7. The molecule has 1 aliphatic heterocycles. The lowest BCUT2D eigenvalue weighted by molar-refractivity contribution is -0.128. The third-order valence-corrected chi connectivity index (χ3v) is 5.34. The average Bonchev–Trinajstić information content (AvgIpc) is 3.10. The fourth-order valence-corrected chi connectivity index (χ4v) is 3.83. The number of pyridine rings is 1. The maximum atomic E-state index is 12.4. The summed E-state index contributed by atoms with van der Waals surface area (Å²) in [6.45, 7) is 2.16. The number of anilines is 1. The highest BCUT2D eigenvalue weighted by atomic mass is 16.5. The Morgan fingerprint density at radius 2 is 1.86 bits per heavy atom. The molecule has 0 radical (unpaired) electrons. The van der Waals surface area contributed by atoms with Gasteiger partial charge in [0, 0.05) is 55.3 Å². The molecular weight excluding hydrogens is 366 g/mol. The fourth-order valence-electron chi connectivity index (χ4n) is 3.83. The molecule has 3 aromatic rings. The van der Waals surface area contributed by atoms with Crippen LogP contribution >= 0.6 is 0 Å². The van der Waals surface area contributed by atoms with Crippen molar-refractivity contribution in [1.82, 2.24) is 9.88 Å². The third kappa shape index (κ3) is 4.11. The Morgan fingerprint density at radius 1 is 1.10 bits per heavy atom. The van der Waals surface area contributed by atoms with Gasteiger partial charge >= 0.3 is 0 Å². The van der Waals surface area contributed by atoms with Gasteiger partial charge in [0.05, 0.1) is 19.7 Å². The van der Waals surface area contributed by atoms with Gasteiger partial charge in [0.1, 0.15) is 0 Å². The van der Waals surface area contributed by atoms with Gasteiger partial charge in [-0.2, -0.15) is 0 Å². The normalized spacial score (nSPS) is 16.3. The summed E-state index contributed by atoms with van der Waals surface area (Å²) < 4.78 is 10.8. The van der Waals surface area contributed by atoms with Crippen LogP contribution in [0.15, 0.2) is 54.7 Å². The predicted octanol–water partition coefficient (Wildman–Crippen LogP) is 3.71. The fraction of sp³-hybridized carbons (Fsp3) is 0.304. The molecule has 1 aromatic heterocycles. The molecule has 150 valence electrons. The van der Waals surface area contributed by atoms with Crippen molar-refractivity contribution in [3.8, 4) is 11.5 Å². The smallest absolute Gasteiger partial charge is 0.223 e. The van der Waals surface area contributed by atoms with Crippen LogP contribution < -0.4 is 14.8 Å². The molecule has 6 nitrogen and oxygen atoms in total. The van der Waals surface area contributed by atoms with E-state index in [2.05, 4.69) is 22.4 Å². The van der Waals surface area contributed by atoms with Gasteiger partial charge < -0.3 is 19.7 Å². The van der Waals surface area contributed by atoms with Crippen molar-refractivity contribution >= 4 is 22.5 Å². The zero-order valence-corrected chi connectivity index (χ0v) is 16.7. The first-order valence-corrected chi connectivity index (χ1v) is 9.74. The molecule has 1 aliphatic rings. The Morgan fingerprint density at radius 3 is 2.62 bits per heavy atom. The number of benzene rings is 2. The van der Waals surface area contributed by atoms with Crippen LogP contribution in [0.25, 0.3) is 10.9 Å². The van der Waals surface area contributed by atoms with E-state index in [-0.39, 0.29) is 11.8 Å². The zero-order chi connectivity index (χ0) is 20.2. The van der Waals surface area contributed by atoms with Crippen LogP contribution in [-0.4, -0.2) is 43.1 Å². The van der Waals surface area contributed by atoms with Crippen molar-refractivity contribution in [2.45, 2.75) is 13.0 Å². The summed E-state index contributed by atoms with van der Waals surface area (Å²) in [6, 6.07) is 15.9. The maximum absolute atomic E-state index is 12.4. The molecule has 0 saturated carbocycles. The molecule has 1 unspecified atom stereocenters. The lowest BCUT2D eigenvalue weighted by atomic mass is 10.1. The number of hydrogen-bond acceptors (Lipinski definition) is 5. The van der Waals surface area contributed by atoms with E-state index in [0.29, 0.717) is 24.5 Å². The topological polar surface area (TPSA) is 63.7 Å². The van der Waals surface area contributed by atoms with Crippen LogP contribution in [0.2, 0.25) is 0 Å². The summed E-state index contributed by atoms with van der Waals surface area (Å²) in [5.41, 5.74) is 2.97. The number of carbonyl (C=O) groups is 1. The van der Waals surface area contributed by atoms with E-state index in [1.807, 2.05) is 41.3 Å². The molecule has 29 heavy (non-hydrogen) atoms. The summed E-state index contributed by atoms with van der Waals surface area (Å²) in [5, 5.41) is 4.48. The van der Waals surface area contributed by atoms with E-state index in [1.165, 1.54) is 0 Å². The Labute approximate surface area is 170 Å². The van der Waals surface area contributed by atoms with E-state index in [9.17, 15) is 4.79 Å². The van der Waals surface area contributed by atoms with E-state index in [4.69, 9.17) is 9.47 Å². The minimum atomic E-state index is 0.214. The number of ether oxygens (including phenoxy) is 2. The summed E-state index contributed by atoms with van der Waals surface area (Å²) in [4.78, 5) is 18.8. The first-order valence-electron chi connectivity index (χ1n) is 9.74. The zero-order valence-electron chi connectivity index (χ0n) is 16.7. The second-order valence-electron chi connectivity index (χ2n) is 7.29. The van der Waals surface area contributed by atoms with Gasteiger partial charge in [0.2, 0.25) is 5.91 Å². The molecule has 1 atom stereocenters. The van der Waals surface area contributed by atoms with E-state index < -0.39 is 0 Å². The van der Waals surface area contributed by atoms with E-state index in [1.54, 1.807) is 20.4 Å². The molecule has 1 amide bonds. The van der Waals surface area contributed by atoms with Crippen molar-refractivity contribution in [2.24, 2.45) is 5.92 Å². The molecule has 4 rings (SSSR count). The van der Waals surface area contributed by atoms with Crippen LogP contribution in [0.3, 0.4) is 0 Å². The highest BCUT2D eigenvalue weighted by Crippen LogP contribution is 2.34.